The summed E-state index contributed by atoms with van der Waals surface area (Å²) in [5, 5.41) is 3.39. The maximum atomic E-state index is 6.38. The smallest absolute Gasteiger partial charge is 0.164 e. The first kappa shape index (κ1) is 14.5. The van der Waals surface area contributed by atoms with E-state index in [9.17, 15) is 0 Å². The zero-order chi connectivity index (χ0) is 14.9. The lowest BCUT2D eigenvalue weighted by molar-refractivity contribution is -0.0481. The maximum Gasteiger partial charge on any atom is 0.164 e. The normalized spacial score (nSPS) is 23.3. The predicted molar refractivity (Wildman–Crippen MR) is 79.4 cm³/mol. The van der Waals surface area contributed by atoms with E-state index in [1.807, 2.05) is 12.1 Å². The Kier molecular flexibility index (Phi) is 3.95. The summed E-state index contributed by atoms with van der Waals surface area (Å²) >= 11 is 0. The molecule has 0 radical (unpaired) electrons. The third-order valence-electron chi connectivity index (χ3n) is 4.55. The van der Waals surface area contributed by atoms with Gasteiger partial charge in [0.1, 0.15) is 11.4 Å². The molecule has 1 fully saturated rings. The molecule has 0 amide bonds. The molecule has 1 saturated heterocycles. The number of rotatable bonds is 3. The molecule has 2 aliphatic heterocycles. The van der Waals surface area contributed by atoms with Crippen LogP contribution in [0.25, 0.3) is 0 Å². The maximum absolute atomic E-state index is 6.38. The van der Waals surface area contributed by atoms with Crippen molar-refractivity contribution in [2.75, 3.05) is 34.4 Å². The molecule has 1 spiro atoms. The van der Waals surface area contributed by atoms with Gasteiger partial charge in [0.15, 0.2) is 11.5 Å². The molecule has 2 heterocycles. The summed E-state index contributed by atoms with van der Waals surface area (Å²) in [7, 11) is 5.04. The van der Waals surface area contributed by atoms with Crippen molar-refractivity contribution in [1.29, 1.82) is 0 Å². The van der Waals surface area contributed by atoms with Crippen molar-refractivity contribution in [3.63, 3.8) is 0 Å². The molecule has 5 heteroatoms. The molecule has 116 valence electrons. The van der Waals surface area contributed by atoms with Gasteiger partial charge in [-0.2, -0.15) is 0 Å². The van der Waals surface area contributed by atoms with Crippen molar-refractivity contribution in [2.24, 2.45) is 0 Å². The average molecular weight is 293 g/mol. The van der Waals surface area contributed by atoms with Gasteiger partial charge in [0, 0.05) is 25.2 Å². The minimum Gasteiger partial charge on any atom is -0.493 e. The van der Waals surface area contributed by atoms with Gasteiger partial charge in [-0.1, -0.05) is 0 Å². The number of fused-ring (bicyclic) bond motifs is 1. The number of piperidine rings is 1. The van der Waals surface area contributed by atoms with Crippen LogP contribution in [0.5, 0.6) is 17.2 Å². The lowest BCUT2D eigenvalue weighted by Crippen LogP contribution is -2.49. The van der Waals surface area contributed by atoms with Gasteiger partial charge in [0.05, 0.1) is 20.3 Å². The van der Waals surface area contributed by atoms with Crippen molar-refractivity contribution >= 4 is 0 Å². The number of hydrogen-bond donors (Lipinski definition) is 1. The Hall–Kier alpha value is -1.46. The van der Waals surface area contributed by atoms with E-state index in [1.54, 1.807) is 21.3 Å². The van der Waals surface area contributed by atoms with Crippen molar-refractivity contribution in [3.05, 3.63) is 17.7 Å². The molecule has 0 bridgehead atoms. The number of ether oxygens (including phenoxy) is 4. The van der Waals surface area contributed by atoms with Crippen LogP contribution in [0.3, 0.4) is 0 Å². The largest absolute Gasteiger partial charge is 0.493 e. The van der Waals surface area contributed by atoms with Crippen LogP contribution in [0, 0.1) is 0 Å². The second-order valence-corrected chi connectivity index (χ2v) is 5.71. The molecule has 1 unspecified atom stereocenters. The molecule has 2 aliphatic rings. The van der Waals surface area contributed by atoms with E-state index in [1.165, 1.54) is 0 Å². The van der Waals surface area contributed by atoms with Crippen molar-refractivity contribution in [2.45, 2.75) is 31.0 Å². The van der Waals surface area contributed by atoms with E-state index in [4.69, 9.17) is 18.9 Å². The minimum atomic E-state index is -0.126. The number of hydrogen-bond acceptors (Lipinski definition) is 5. The zero-order valence-electron chi connectivity index (χ0n) is 12.9. The van der Waals surface area contributed by atoms with Crippen LogP contribution in [0.1, 0.15) is 30.9 Å². The molecule has 1 N–H and O–H groups in total. The Bertz CT molecular complexity index is 511. The fourth-order valence-corrected chi connectivity index (χ4v) is 3.34. The molecule has 21 heavy (non-hydrogen) atoms. The Morgan fingerprint density at radius 2 is 1.76 bits per heavy atom. The third kappa shape index (κ3) is 2.56. The van der Waals surface area contributed by atoms with E-state index in [0.717, 1.165) is 43.7 Å². The summed E-state index contributed by atoms with van der Waals surface area (Å²) in [5.74, 6) is 2.26. The predicted octanol–water partition coefficient (Wildman–Crippen LogP) is 2.30. The Labute approximate surface area is 125 Å². The summed E-state index contributed by atoms with van der Waals surface area (Å²) < 4.78 is 22.9. The summed E-state index contributed by atoms with van der Waals surface area (Å²) in [6.45, 7) is 1.97. The highest BCUT2D eigenvalue weighted by molar-refractivity contribution is 5.52. The van der Waals surface area contributed by atoms with E-state index in [2.05, 4.69) is 5.32 Å². The molecule has 0 aliphatic carbocycles. The van der Waals surface area contributed by atoms with Gasteiger partial charge in [0.2, 0.25) is 0 Å². The van der Waals surface area contributed by atoms with Gasteiger partial charge < -0.3 is 24.3 Å². The molecule has 3 rings (SSSR count). The molecular formula is C16H23NO4. The van der Waals surface area contributed by atoms with Gasteiger partial charge in [-0.25, -0.2) is 0 Å². The Balaban J connectivity index is 2.01. The Morgan fingerprint density at radius 3 is 2.38 bits per heavy atom. The average Bonchev–Trinajstić information content (AvgIpc) is 2.53. The molecule has 1 atom stereocenters. The lowest BCUT2D eigenvalue weighted by Gasteiger charge is -2.44. The fourth-order valence-electron chi connectivity index (χ4n) is 3.34. The second kappa shape index (κ2) is 5.73. The quantitative estimate of drug-likeness (QED) is 0.926. The highest BCUT2D eigenvalue weighted by atomic mass is 16.5. The molecule has 1 aromatic rings. The highest BCUT2D eigenvalue weighted by Gasteiger charge is 2.42. The van der Waals surface area contributed by atoms with Crippen LogP contribution in [0.15, 0.2) is 12.1 Å². The van der Waals surface area contributed by atoms with Crippen LogP contribution >= 0.6 is 0 Å². The lowest BCUT2D eigenvalue weighted by atomic mass is 9.82. The molecule has 1 aromatic carbocycles. The van der Waals surface area contributed by atoms with Crippen molar-refractivity contribution in [1.82, 2.24) is 5.32 Å². The van der Waals surface area contributed by atoms with Crippen molar-refractivity contribution < 1.29 is 18.9 Å². The van der Waals surface area contributed by atoms with Gasteiger partial charge in [0.25, 0.3) is 0 Å². The molecule has 0 aromatic heterocycles. The van der Waals surface area contributed by atoms with Gasteiger partial charge in [-0.15, -0.1) is 0 Å². The van der Waals surface area contributed by atoms with Crippen LogP contribution in [-0.2, 0) is 4.74 Å². The highest BCUT2D eigenvalue weighted by Crippen LogP contribution is 2.48. The zero-order valence-corrected chi connectivity index (χ0v) is 12.9. The summed E-state index contributed by atoms with van der Waals surface area (Å²) in [6, 6.07) is 3.89. The molecular weight excluding hydrogens is 270 g/mol. The topological polar surface area (TPSA) is 49.0 Å². The van der Waals surface area contributed by atoms with Crippen LogP contribution < -0.4 is 19.5 Å². The first-order valence-electron chi connectivity index (χ1n) is 7.40. The molecule has 5 nitrogen and oxygen atoms in total. The number of benzene rings is 1. The van der Waals surface area contributed by atoms with E-state index in [-0.39, 0.29) is 11.7 Å². The van der Waals surface area contributed by atoms with E-state index < -0.39 is 0 Å². The van der Waals surface area contributed by atoms with E-state index >= 15 is 0 Å². The first-order valence-corrected chi connectivity index (χ1v) is 7.40. The van der Waals surface area contributed by atoms with E-state index in [0.29, 0.717) is 11.5 Å². The standard InChI is InChI=1S/C16H23NO4/c1-18-13-8-11-12(9-14(13)19-2)21-16(10-15(11)20-3)4-6-17-7-5-16/h8-9,15,17H,4-7,10H2,1-3H3. The number of nitrogens with one attached hydrogen (secondary N) is 1. The van der Waals surface area contributed by atoms with Crippen LogP contribution in [-0.4, -0.2) is 40.0 Å². The van der Waals surface area contributed by atoms with Crippen LogP contribution in [0.4, 0.5) is 0 Å². The summed E-state index contributed by atoms with van der Waals surface area (Å²) in [5.41, 5.74) is 0.915. The van der Waals surface area contributed by atoms with Crippen molar-refractivity contribution in [3.8, 4) is 17.2 Å². The Morgan fingerprint density at radius 1 is 1.10 bits per heavy atom. The monoisotopic (exact) mass is 293 g/mol. The number of methoxy groups -OCH3 is 3. The minimum absolute atomic E-state index is 0.0339. The second-order valence-electron chi connectivity index (χ2n) is 5.71. The SMILES string of the molecule is COc1cc2c(cc1OC)C(OC)CC1(CCNCC1)O2. The van der Waals surface area contributed by atoms with Gasteiger partial charge in [-0.3, -0.25) is 0 Å². The summed E-state index contributed by atoms with van der Waals surface area (Å²) in [4.78, 5) is 0. The van der Waals surface area contributed by atoms with Gasteiger partial charge >= 0.3 is 0 Å². The third-order valence-corrected chi connectivity index (χ3v) is 4.55. The van der Waals surface area contributed by atoms with Gasteiger partial charge in [-0.05, 0) is 32.0 Å². The van der Waals surface area contributed by atoms with Crippen LogP contribution in [0.2, 0.25) is 0 Å². The fraction of sp³-hybridized carbons (Fsp3) is 0.625. The summed E-state index contributed by atoms with van der Waals surface area (Å²) in [6.07, 6.45) is 2.92. The first-order chi connectivity index (χ1) is 10.2. The molecule has 0 saturated carbocycles.